The lowest BCUT2D eigenvalue weighted by Gasteiger charge is -2.25. The molecule has 1 N–H and O–H groups in total. The molecular formula is C15H20N4O. The van der Waals surface area contributed by atoms with Gasteiger partial charge in [-0.2, -0.15) is 5.10 Å². The molecule has 3 heterocycles. The van der Waals surface area contributed by atoms with Gasteiger partial charge in [-0.25, -0.2) is 0 Å². The fraction of sp³-hybridized carbons (Fsp3) is 0.467. The van der Waals surface area contributed by atoms with E-state index in [0.717, 1.165) is 25.9 Å². The number of likely N-dealkylation sites (tertiary alicyclic amines) is 1. The smallest absolute Gasteiger partial charge is 0.0710 e. The van der Waals surface area contributed by atoms with Gasteiger partial charge in [0.05, 0.1) is 12.3 Å². The van der Waals surface area contributed by atoms with E-state index in [0.29, 0.717) is 0 Å². The maximum absolute atomic E-state index is 10.2. The highest BCUT2D eigenvalue weighted by molar-refractivity contribution is 5.13. The van der Waals surface area contributed by atoms with Crippen LogP contribution in [0.2, 0.25) is 0 Å². The van der Waals surface area contributed by atoms with Crippen LogP contribution < -0.4 is 0 Å². The Labute approximate surface area is 118 Å². The van der Waals surface area contributed by atoms with E-state index in [1.165, 1.54) is 11.1 Å². The molecule has 1 aliphatic heterocycles. The maximum Gasteiger partial charge on any atom is 0.0710 e. The van der Waals surface area contributed by atoms with Gasteiger partial charge in [-0.05, 0) is 30.5 Å². The minimum Gasteiger partial charge on any atom is -0.391 e. The molecule has 2 aromatic heterocycles. The lowest BCUT2D eigenvalue weighted by molar-refractivity contribution is 0.112. The summed E-state index contributed by atoms with van der Waals surface area (Å²) < 4.78 is 1.82. The summed E-state index contributed by atoms with van der Waals surface area (Å²) in [4.78, 5) is 6.39. The van der Waals surface area contributed by atoms with Crippen molar-refractivity contribution in [3.63, 3.8) is 0 Å². The van der Waals surface area contributed by atoms with Crippen molar-refractivity contribution in [3.8, 4) is 0 Å². The third-order valence-electron chi connectivity index (χ3n) is 3.96. The molecule has 1 fully saturated rings. The summed E-state index contributed by atoms with van der Waals surface area (Å²) in [5, 5.41) is 14.4. The van der Waals surface area contributed by atoms with Gasteiger partial charge in [-0.15, -0.1) is 0 Å². The van der Waals surface area contributed by atoms with Gasteiger partial charge in [0.15, 0.2) is 0 Å². The summed E-state index contributed by atoms with van der Waals surface area (Å²) >= 11 is 0. The standard InChI is InChI=1S/C15H20N4O/c1-18-10-13(9-17-18)11-19-7-4-15(20)14(19)8-12-2-5-16-6-3-12/h2-3,5-6,9-10,14-15,20H,4,7-8,11H2,1H3/t14-,15-/m0/s1. The molecule has 106 valence electrons. The first kappa shape index (κ1) is 13.3. The Morgan fingerprint density at radius 1 is 1.30 bits per heavy atom. The fourth-order valence-corrected chi connectivity index (χ4v) is 2.91. The number of nitrogens with zero attached hydrogens (tertiary/aromatic N) is 4. The van der Waals surface area contributed by atoms with Crippen molar-refractivity contribution in [1.29, 1.82) is 0 Å². The first-order valence-electron chi connectivity index (χ1n) is 7.01. The third-order valence-corrected chi connectivity index (χ3v) is 3.96. The van der Waals surface area contributed by atoms with Crippen molar-refractivity contribution in [2.45, 2.75) is 31.5 Å². The van der Waals surface area contributed by atoms with Crippen molar-refractivity contribution in [1.82, 2.24) is 19.7 Å². The Morgan fingerprint density at radius 3 is 2.80 bits per heavy atom. The van der Waals surface area contributed by atoms with Crippen LogP contribution in [0.1, 0.15) is 17.5 Å². The SMILES string of the molecule is Cn1cc(CN2CC[C@H](O)[C@@H]2Cc2ccncc2)cn1. The van der Waals surface area contributed by atoms with Gasteiger partial charge >= 0.3 is 0 Å². The highest BCUT2D eigenvalue weighted by atomic mass is 16.3. The number of aliphatic hydroxyl groups is 1. The molecule has 0 spiro atoms. The summed E-state index contributed by atoms with van der Waals surface area (Å²) in [5.41, 5.74) is 2.42. The summed E-state index contributed by atoms with van der Waals surface area (Å²) in [6.07, 6.45) is 9.01. The molecule has 20 heavy (non-hydrogen) atoms. The van der Waals surface area contributed by atoms with Crippen LogP contribution in [0.3, 0.4) is 0 Å². The van der Waals surface area contributed by atoms with E-state index >= 15 is 0 Å². The van der Waals surface area contributed by atoms with Crippen molar-refractivity contribution in [3.05, 3.63) is 48.0 Å². The molecule has 0 aliphatic carbocycles. The molecule has 5 heteroatoms. The van der Waals surface area contributed by atoms with E-state index in [9.17, 15) is 5.11 Å². The van der Waals surface area contributed by atoms with Crippen LogP contribution in [0.5, 0.6) is 0 Å². The largest absolute Gasteiger partial charge is 0.391 e. The van der Waals surface area contributed by atoms with Gasteiger partial charge in [0.25, 0.3) is 0 Å². The van der Waals surface area contributed by atoms with Crippen molar-refractivity contribution >= 4 is 0 Å². The van der Waals surface area contributed by atoms with Gasteiger partial charge in [0, 0.05) is 50.3 Å². The van der Waals surface area contributed by atoms with Crippen molar-refractivity contribution < 1.29 is 5.11 Å². The molecule has 0 bridgehead atoms. The number of pyridine rings is 1. The molecule has 0 radical (unpaired) electrons. The van der Waals surface area contributed by atoms with E-state index in [1.54, 1.807) is 0 Å². The molecule has 0 saturated carbocycles. The number of hydrogen-bond donors (Lipinski definition) is 1. The zero-order chi connectivity index (χ0) is 13.9. The molecule has 3 rings (SSSR count). The van der Waals surface area contributed by atoms with Crippen LogP contribution >= 0.6 is 0 Å². The van der Waals surface area contributed by atoms with Crippen LogP contribution in [-0.4, -0.2) is 43.5 Å². The van der Waals surface area contributed by atoms with E-state index in [-0.39, 0.29) is 12.1 Å². The van der Waals surface area contributed by atoms with Gasteiger partial charge in [-0.3, -0.25) is 14.6 Å². The monoisotopic (exact) mass is 272 g/mol. The summed E-state index contributed by atoms with van der Waals surface area (Å²) in [6.45, 7) is 1.78. The molecule has 0 amide bonds. The average molecular weight is 272 g/mol. The van der Waals surface area contributed by atoms with Crippen LogP contribution in [0.15, 0.2) is 36.9 Å². The number of hydrogen-bond acceptors (Lipinski definition) is 4. The second kappa shape index (κ2) is 5.73. The Bertz CT molecular complexity index is 554. The zero-order valence-electron chi connectivity index (χ0n) is 11.7. The highest BCUT2D eigenvalue weighted by Gasteiger charge is 2.32. The second-order valence-corrected chi connectivity index (χ2v) is 5.48. The molecule has 0 aromatic carbocycles. The quantitative estimate of drug-likeness (QED) is 0.902. The maximum atomic E-state index is 10.2. The van der Waals surface area contributed by atoms with Crippen molar-refractivity contribution in [2.75, 3.05) is 6.54 Å². The molecule has 5 nitrogen and oxygen atoms in total. The zero-order valence-corrected chi connectivity index (χ0v) is 11.7. The average Bonchev–Trinajstić information content (AvgIpc) is 3.01. The molecule has 2 aromatic rings. The Balaban J connectivity index is 1.70. The highest BCUT2D eigenvalue weighted by Crippen LogP contribution is 2.23. The van der Waals surface area contributed by atoms with Crippen molar-refractivity contribution in [2.24, 2.45) is 7.05 Å². The first-order valence-corrected chi connectivity index (χ1v) is 7.01. The Kier molecular flexibility index (Phi) is 3.80. The minimum atomic E-state index is -0.250. The van der Waals surface area contributed by atoms with Crippen LogP contribution in [0, 0.1) is 0 Å². The van der Waals surface area contributed by atoms with Gasteiger partial charge in [0.1, 0.15) is 0 Å². The summed E-state index contributed by atoms with van der Waals surface area (Å²) in [7, 11) is 1.93. The number of aliphatic hydroxyl groups excluding tert-OH is 1. The van der Waals surface area contributed by atoms with E-state index in [2.05, 4.69) is 15.0 Å². The van der Waals surface area contributed by atoms with Crippen LogP contribution in [-0.2, 0) is 20.0 Å². The lowest BCUT2D eigenvalue weighted by Crippen LogP contribution is -2.36. The predicted molar refractivity (Wildman–Crippen MR) is 76.0 cm³/mol. The van der Waals surface area contributed by atoms with Crippen LogP contribution in [0.4, 0.5) is 0 Å². The normalized spacial score (nSPS) is 23.3. The second-order valence-electron chi connectivity index (χ2n) is 5.48. The van der Waals surface area contributed by atoms with E-state index in [4.69, 9.17) is 0 Å². The predicted octanol–water partition coefficient (Wildman–Crippen LogP) is 0.993. The first-order chi connectivity index (χ1) is 9.72. The molecule has 1 saturated heterocycles. The lowest BCUT2D eigenvalue weighted by atomic mass is 10.0. The summed E-state index contributed by atoms with van der Waals surface area (Å²) in [6, 6.07) is 4.22. The summed E-state index contributed by atoms with van der Waals surface area (Å²) in [5.74, 6) is 0. The van der Waals surface area contributed by atoms with Gasteiger partial charge in [-0.1, -0.05) is 0 Å². The number of aryl methyl sites for hydroxylation is 1. The van der Waals surface area contributed by atoms with E-state index in [1.807, 2.05) is 48.6 Å². The molecule has 1 aliphatic rings. The Hall–Kier alpha value is -1.72. The topological polar surface area (TPSA) is 54.2 Å². The van der Waals surface area contributed by atoms with Crippen LogP contribution in [0.25, 0.3) is 0 Å². The molecule has 0 unspecified atom stereocenters. The number of rotatable bonds is 4. The fourth-order valence-electron chi connectivity index (χ4n) is 2.91. The minimum absolute atomic E-state index is 0.178. The number of aromatic nitrogens is 3. The molecular weight excluding hydrogens is 252 g/mol. The third kappa shape index (κ3) is 2.89. The van der Waals surface area contributed by atoms with E-state index < -0.39 is 0 Å². The molecule has 2 atom stereocenters. The Morgan fingerprint density at radius 2 is 2.10 bits per heavy atom. The van der Waals surface area contributed by atoms with Gasteiger partial charge < -0.3 is 5.11 Å². The van der Waals surface area contributed by atoms with Gasteiger partial charge in [0.2, 0.25) is 0 Å².